The third kappa shape index (κ3) is 2.34. The van der Waals surface area contributed by atoms with E-state index in [1.165, 1.54) is 16.0 Å². The molecule has 0 atom stereocenters. The van der Waals surface area contributed by atoms with Crippen LogP contribution in [-0.4, -0.2) is 24.9 Å². The molecule has 0 aliphatic carbocycles. The number of amides is 1. The zero-order valence-electron chi connectivity index (χ0n) is 11.7. The summed E-state index contributed by atoms with van der Waals surface area (Å²) in [5.41, 5.74) is 3.46. The van der Waals surface area contributed by atoms with Gasteiger partial charge in [-0.2, -0.15) is 0 Å². The first-order valence-corrected chi connectivity index (χ1v) is 7.58. The Labute approximate surface area is 123 Å². The van der Waals surface area contributed by atoms with Gasteiger partial charge in [-0.05, 0) is 36.1 Å². The average Bonchev–Trinajstić information content (AvgIpc) is 2.65. The molecule has 0 saturated heterocycles. The number of carbonyl (C=O) groups is 1. The van der Waals surface area contributed by atoms with E-state index in [4.69, 9.17) is 0 Å². The summed E-state index contributed by atoms with van der Waals surface area (Å²) >= 11 is 1.73. The summed E-state index contributed by atoms with van der Waals surface area (Å²) in [5, 5.41) is 0. The van der Waals surface area contributed by atoms with Gasteiger partial charge in [-0.25, -0.2) is 0 Å². The number of nitrogens with zero attached hydrogens (tertiary/aromatic N) is 1. The van der Waals surface area contributed by atoms with Crippen molar-refractivity contribution in [2.45, 2.75) is 22.6 Å². The number of rotatable bonds is 1. The molecule has 0 radical (unpaired) electrons. The molecule has 20 heavy (non-hydrogen) atoms. The van der Waals surface area contributed by atoms with Crippen molar-refractivity contribution in [3.05, 3.63) is 59.2 Å². The Morgan fingerprint density at radius 2 is 1.70 bits per heavy atom. The van der Waals surface area contributed by atoms with Crippen molar-refractivity contribution in [2.24, 2.45) is 0 Å². The molecule has 2 aromatic rings. The van der Waals surface area contributed by atoms with Crippen LogP contribution in [0, 0.1) is 0 Å². The number of benzene rings is 2. The van der Waals surface area contributed by atoms with E-state index in [-0.39, 0.29) is 5.91 Å². The summed E-state index contributed by atoms with van der Waals surface area (Å²) in [6.45, 7) is 0. The molecule has 0 bridgehead atoms. The van der Waals surface area contributed by atoms with E-state index < -0.39 is 0 Å². The molecular formula is C17H17NOS. The molecule has 0 aromatic heterocycles. The Hall–Kier alpha value is -1.74. The van der Waals surface area contributed by atoms with Gasteiger partial charge < -0.3 is 4.90 Å². The van der Waals surface area contributed by atoms with Gasteiger partial charge >= 0.3 is 0 Å². The SMILES string of the molecule is CN(C)C(=O)c1cccc2c1Sc1ccccc1CC2. The predicted octanol–water partition coefficient (Wildman–Crippen LogP) is 3.64. The summed E-state index contributed by atoms with van der Waals surface area (Å²) in [6, 6.07) is 14.5. The maximum Gasteiger partial charge on any atom is 0.254 e. The van der Waals surface area contributed by atoms with Gasteiger partial charge in [-0.1, -0.05) is 42.1 Å². The third-order valence-electron chi connectivity index (χ3n) is 3.58. The van der Waals surface area contributed by atoms with Crippen molar-refractivity contribution in [3.63, 3.8) is 0 Å². The van der Waals surface area contributed by atoms with Crippen molar-refractivity contribution in [2.75, 3.05) is 14.1 Å². The maximum absolute atomic E-state index is 12.4. The first-order chi connectivity index (χ1) is 9.66. The lowest BCUT2D eigenvalue weighted by atomic mass is 10.0. The van der Waals surface area contributed by atoms with E-state index in [0.29, 0.717) is 0 Å². The summed E-state index contributed by atoms with van der Waals surface area (Å²) in [7, 11) is 3.61. The van der Waals surface area contributed by atoms with Crippen LogP contribution in [0.5, 0.6) is 0 Å². The molecule has 3 heteroatoms. The lowest BCUT2D eigenvalue weighted by molar-refractivity contribution is 0.0824. The average molecular weight is 283 g/mol. The topological polar surface area (TPSA) is 20.3 Å². The smallest absolute Gasteiger partial charge is 0.254 e. The minimum Gasteiger partial charge on any atom is -0.345 e. The highest BCUT2D eigenvalue weighted by atomic mass is 32.2. The monoisotopic (exact) mass is 283 g/mol. The van der Waals surface area contributed by atoms with Crippen LogP contribution in [0.3, 0.4) is 0 Å². The minimum absolute atomic E-state index is 0.0775. The number of fused-ring (bicyclic) bond motifs is 2. The predicted molar refractivity (Wildman–Crippen MR) is 82.4 cm³/mol. The van der Waals surface area contributed by atoms with E-state index in [1.54, 1.807) is 30.8 Å². The number of hydrogen-bond donors (Lipinski definition) is 0. The summed E-state index contributed by atoms with van der Waals surface area (Å²) in [5.74, 6) is 0.0775. The fourth-order valence-electron chi connectivity index (χ4n) is 2.50. The van der Waals surface area contributed by atoms with Gasteiger partial charge in [0.25, 0.3) is 5.91 Å². The molecule has 0 unspecified atom stereocenters. The molecule has 1 heterocycles. The van der Waals surface area contributed by atoms with Crippen LogP contribution >= 0.6 is 11.8 Å². The summed E-state index contributed by atoms with van der Waals surface area (Å²) in [6.07, 6.45) is 2.03. The van der Waals surface area contributed by atoms with Gasteiger partial charge in [0, 0.05) is 23.9 Å². The largest absolute Gasteiger partial charge is 0.345 e. The molecule has 3 rings (SSSR count). The van der Waals surface area contributed by atoms with Crippen LogP contribution in [0.1, 0.15) is 21.5 Å². The molecule has 1 amide bonds. The Balaban J connectivity index is 2.11. The zero-order valence-corrected chi connectivity index (χ0v) is 12.5. The van der Waals surface area contributed by atoms with Crippen LogP contribution < -0.4 is 0 Å². The molecule has 0 spiro atoms. The van der Waals surface area contributed by atoms with Crippen LogP contribution in [0.2, 0.25) is 0 Å². The van der Waals surface area contributed by atoms with Crippen molar-refractivity contribution >= 4 is 17.7 Å². The Morgan fingerprint density at radius 3 is 2.50 bits per heavy atom. The van der Waals surface area contributed by atoms with Gasteiger partial charge in [0.1, 0.15) is 0 Å². The van der Waals surface area contributed by atoms with Crippen LogP contribution in [0.4, 0.5) is 0 Å². The van der Waals surface area contributed by atoms with Crippen molar-refractivity contribution in [1.82, 2.24) is 4.90 Å². The van der Waals surface area contributed by atoms with Crippen LogP contribution in [0.25, 0.3) is 0 Å². The molecule has 0 fully saturated rings. The normalized spacial score (nSPS) is 13.1. The minimum atomic E-state index is 0.0775. The maximum atomic E-state index is 12.4. The van der Waals surface area contributed by atoms with Gasteiger partial charge in [0.15, 0.2) is 0 Å². The molecule has 2 nitrogen and oxygen atoms in total. The second kappa shape index (κ2) is 5.33. The lowest BCUT2D eigenvalue weighted by Crippen LogP contribution is -2.22. The Bertz CT molecular complexity index is 664. The van der Waals surface area contributed by atoms with Gasteiger partial charge in [-0.3, -0.25) is 4.79 Å². The van der Waals surface area contributed by atoms with E-state index in [2.05, 4.69) is 30.3 Å². The van der Waals surface area contributed by atoms with Gasteiger partial charge in [0.05, 0.1) is 5.56 Å². The van der Waals surface area contributed by atoms with E-state index in [0.717, 1.165) is 23.3 Å². The lowest BCUT2D eigenvalue weighted by Gasteiger charge is -2.15. The molecule has 0 saturated carbocycles. The van der Waals surface area contributed by atoms with Crippen LogP contribution in [0.15, 0.2) is 52.3 Å². The van der Waals surface area contributed by atoms with Crippen molar-refractivity contribution < 1.29 is 4.79 Å². The van der Waals surface area contributed by atoms with E-state index in [9.17, 15) is 4.79 Å². The Kier molecular flexibility index (Phi) is 3.53. The quantitative estimate of drug-likeness (QED) is 0.796. The van der Waals surface area contributed by atoms with E-state index >= 15 is 0 Å². The zero-order chi connectivity index (χ0) is 14.1. The van der Waals surface area contributed by atoms with Gasteiger partial charge in [0.2, 0.25) is 0 Å². The summed E-state index contributed by atoms with van der Waals surface area (Å²) in [4.78, 5) is 16.4. The highest BCUT2D eigenvalue weighted by Crippen LogP contribution is 2.39. The molecule has 102 valence electrons. The second-order valence-electron chi connectivity index (χ2n) is 5.20. The molecule has 0 N–H and O–H groups in total. The second-order valence-corrected chi connectivity index (χ2v) is 6.26. The van der Waals surface area contributed by atoms with Crippen LogP contribution in [-0.2, 0) is 12.8 Å². The summed E-state index contributed by atoms with van der Waals surface area (Å²) < 4.78 is 0. The molecule has 1 aliphatic heterocycles. The fraction of sp³-hybridized carbons (Fsp3) is 0.235. The number of carbonyl (C=O) groups excluding carboxylic acids is 1. The number of aryl methyl sites for hydroxylation is 2. The van der Waals surface area contributed by atoms with Crippen molar-refractivity contribution in [3.8, 4) is 0 Å². The number of hydrogen-bond acceptors (Lipinski definition) is 2. The highest BCUT2D eigenvalue weighted by molar-refractivity contribution is 7.99. The standard InChI is InChI=1S/C17H17NOS/c1-18(2)17(19)14-8-5-7-13-11-10-12-6-3-4-9-15(12)20-16(13)14/h3-9H,10-11H2,1-2H3. The van der Waals surface area contributed by atoms with Gasteiger partial charge in [-0.15, -0.1) is 0 Å². The highest BCUT2D eigenvalue weighted by Gasteiger charge is 2.20. The third-order valence-corrected chi connectivity index (χ3v) is 4.89. The molecular weight excluding hydrogens is 266 g/mol. The molecule has 1 aliphatic rings. The molecule has 2 aromatic carbocycles. The fourth-order valence-corrected chi connectivity index (χ4v) is 3.73. The van der Waals surface area contributed by atoms with E-state index in [1.807, 2.05) is 12.1 Å². The van der Waals surface area contributed by atoms with Crippen molar-refractivity contribution in [1.29, 1.82) is 0 Å². The first-order valence-electron chi connectivity index (χ1n) is 6.76. The Morgan fingerprint density at radius 1 is 1.00 bits per heavy atom. The first kappa shape index (κ1) is 13.3.